The molecule has 0 radical (unpaired) electrons. The first-order valence-electron chi connectivity index (χ1n) is 11.4. The third-order valence-electron chi connectivity index (χ3n) is 7.34. The van der Waals surface area contributed by atoms with Gasteiger partial charge in [-0.15, -0.1) is 0 Å². The van der Waals surface area contributed by atoms with Crippen molar-refractivity contribution in [3.63, 3.8) is 0 Å². The number of phenols is 1. The predicted octanol–water partition coefficient (Wildman–Crippen LogP) is 1.68. The first-order valence-corrected chi connectivity index (χ1v) is 12.9. The summed E-state index contributed by atoms with van der Waals surface area (Å²) in [6, 6.07) is 3.04. The molecule has 2 atom stereocenters. The van der Waals surface area contributed by atoms with Gasteiger partial charge in [-0.25, -0.2) is 13.4 Å². The molecule has 2 unspecified atom stereocenters. The van der Waals surface area contributed by atoms with Gasteiger partial charge in [-0.1, -0.05) is 0 Å². The number of hydrogen-bond donors (Lipinski definition) is 2. The third kappa shape index (κ3) is 3.34. The number of nitrogens with one attached hydrogen (secondary N) is 1. The lowest BCUT2D eigenvalue weighted by molar-refractivity contribution is -0.137. The minimum Gasteiger partial charge on any atom is -0.506 e. The molecule has 0 spiro atoms. The van der Waals surface area contributed by atoms with Gasteiger partial charge in [-0.05, 0) is 50.7 Å². The van der Waals surface area contributed by atoms with E-state index in [1.165, 1.54) is 18.3 Å². The highest BCUT2D eigenvalue weighted by atomic mass is 32.2. The SMILES string of the molecule is O=C1CN(c2c(O)ccc(-c3cnn(C4CC5CCC(C4)N5C(=O)C4CC4)c3)c2F)S(=O)(=O)N1. The Labute approximate surface area is 195 Å². The maximum Gasteiger partial charge on any atom is 0.326 e. The quantitative estimate of drug-likeness (QED) is 0.673. The standard InChI is InChI=1S/C22H24FN5O5S/c23-20-17(5-6-18(29)21(20)27-11-19(30)25-34(27,32)33)13-9-24-26(10-13)16-7-14-3-4-15(8-16)28(14)22(31)12-1-2-12/h5-6,9-10,12,14-16,29H,1-4,7-8,11H2,(H,25,30). The van der Waals surface area contributed by atoms with Crippen molar-refractivity contribution in [1.29, 1.82) is 0 Å². The number of carbonyl (C=O) groups excluding carboxylic acids is 2. The molecule has 1 saturated carbocycles. The number of aromatic nitrogens is 2. The molecule has 1 aliphatic carbocycles. The van der Waals surface area contributed by atoms with E-state index in [0.717, 1.165) is 38.5 Å². The third-order valence-corrected chi connectivity index (χ3v) is 8.72. The molecule has 12 heteroatoms. The zero-order chi connectivity index (χ0) is 23.8. The second-order valence-corrected chi connectivity index (χ2v) is 11.2. The lowest BCUT2D eigenvalue weighted by atomic mass is 9.96. The molecule has 10 nitrogen and oxygen atoms in total. The number of nitrogens with zero attached hydrogens (tertiary/aromatic N) is 4. The molecule has 2 bridgehead atoms. The summed E-state index contributed by atoms with van der Waals surface area (Å²) in [6.07, 6.45) is 8.75. The van der Waals surface area contributed by atoms with E-state index in [1.54, 1.807) is 15.6 Å². The van der Waals surface area contributed by atoms with Crippen LogP contribution in [0.5, 0.6) is 5.75 Å². The van der Waals surface area contributed by atoms with E-state index >= 15 is 4.39 Å². The molecular formula is C22H24FN5O5S. The average Bonchev–Trinajstić information content (AvgIpc) is 3.37. The van der Waals surface area contributed by atoms with Gasteiger partial charge in [-0.2, -0.15) is 13.5 Å². The Morgan fingerprint density at radius 1 is 1.12 bits per heavy atom. The number of hydrogen-bond acceptors (Lipinski definition) is 6. The van der Waals surface area contributed by atoms with Gasteiger partial charge in [0.15, 0.2) is 5.82 Å². The Balaban J connectivity index is 1.27. The van der Waals surface area contributed by atoms with Gasteiger partial charge < -0.3 is 10.0 Å². The number of amides is 2. The fourth-order valence-corrected chi connectivity index (χ4v) is 6.77. The predicted molar refractivity (Wildman–Crippen MR) is 118 cm³/mol. The van der Waals surface area contributed by atoms with Gasteiger partial charge in [0.1, 0.15) is 18.0 Å². The highest BCUT2D eigenvalue weighted by molar-refractivity contribution is 7.92. The lowest BCUT2D eigenvalue weighted by Gasteiger charge is -2.39. The van der Waals surface area contributed by atoms with Gasteiger partial charge in [0.2, 0.25) is 5.91 Å². The summed E-state index contributed by atoms with van der Waals surface area (Å²) >= 11 is 0. The summed E-state index contributed by atoms with van der Waals surface area (Å²) in [5.41, 5.74) is -0.0788. The summed E-state index contributed by atoms with van der Waals surface area (Å²) in [4.78, 5) is 26.4. The number of halogens is 1. The van der Waals surface area contributed by atoms with Crippen molar-refractivity contribution in [3.05, 3.63) is 30.3 Å². The van der Waals surface area contributed by atoms with Crippen LogP contribution in [0.15, 0.2) is 24.5 Å². The Bertz CT molecular complexity index is 1290. The van der Waals surface area contributed by atoms with E-state index in [-0.39, 0.29) is 35.5 Å². The zero-order valence-electron chi connectivity index (χ0n) is 18.2. The lowest BCUT2D eigenvalue weighted by Crippen LogP contribution is -2.47. The van der Waals surface area contributed by atoms with Crippen LogP contribution in [0, 0.1) is 11.7 Å². The Morgan fingerprint density at radius 2 is 1.82 bits per heavy atom. The van der Waals surface area contributed by atoms with Crippen molar-refractivity contribution >= 4 is 27.7 Å². The Hall–Kier alpha value is -3.15. The summed E-state index contributed by atoms with van der Waals surface area (Å²) < 4.78 is 43.9. The molecule has 2 aromatic rings. The van der Waals surface area contributed by atoms with Crippen molar-refractivity contribution in [2.24, 2.45) is 5.92 Å². The molecule has 3 saturated heterocycles. The highest BCUT2D eigenvalue weighted by Crippen LogP contribution is 2.45. The molecule has 2 amide bonds. The van der Waals surface area contributed by atoms with Gasteiger partial charge in [0, 0.05) is 35.3 Å². The number of piperidine rings is 1. The topological polar surface area (TPSA) is 125 Å². The fraction of sp³-hybridized carbons (Fsp3) is 0.500. The summed E-state index contributed by atoms with van der Waals surface area (Å²) in [7, 11) is -4.28. The fourth-order valence-electron chi connectivity index (χ4n) is 5.60. The second kappa shape index (κ2) is 7.42. The minimum atomic E-state index is -4.28. The van der Waals surface area contributed by atoms with E-state index < -0.39 is 39.9 Å². The maximum atomic E-state index is 15.5. The van der Waals surface area contributed by atoms with Gasteiger partial charge >= 0.3 is 10.2 Å². The van der Waals surface area contributed by atoms with Gasteiger partial charge in [0.25, 0.3) is 5.91 Å². The molecule has 180 valence electrons. The van der Waals surface area contributed by atoms with Crippen molar-refractivity contribution in [2.45, 2.75) is 56.7 Å². The van der Waals surface area contributed by atoms with Crippen molar-refractivity contribution in [2.75, 3.05) is 10.8 Å². The van der Waals surface area contributed by atoms with Crippen molar-refractivity contribution in [3.8, 4) is 16.9 Å². The summed E-state index contributed by atoms with van der Waals surface area (Å²) in [5.74, 6) is -1.86. The number of benzene rings is 1. The molecule has 2 N–H and O–H groups in total. The number of aromatic hydroxyl groups is 1. The van der Waals surface area contributed by atoms with Crippen LogP contribution in [0.2, 0.25) is 0 Å². The number of phenolic OH excluding ortho intramolecular Hbond substituents is 1. The molecule has 1 aromatic carbocycles. The molecule has 4 heterocycles. The molecule has 6 rings (SSSR count). The zero-order valence-corrected chi connectivity index (χ0v) is 19.0. The van der Waals surface area contributed by atoms with E-state index in [4.69, 9.17) is 0 Å². The van der Waals surface area contributed by atoms with Crippen molar-refractivity contribution in [1.82, 2.24) is 19.4 Å². The van der Waals surface area contributed by atoms with E-state index in [0.29, 0.717) is 9.87 Å². The van der Waals surface area contributed by atoms with Crippen LogP contribution in [0.3, 0.4) is 0 Å². The number of carbonyl (C=O) groups is 2. The van der Waals surface area contributed by atoms with Crippen LogP contribution in [0.25, 0.3) is 11.1 Å². The molecular weight excluding hydrogens is 465 g/mol. The molecule has 34 heavy (non-hydrogen) atoms. The average molecular weight is 490 g/mol. The van der Waals surface area contributed by atoms with Crippen LogP contribution in [-0.2, 0) is 19.8 Å². The number of rotatable bonds is 4. The first-order chi connectivity index (χ1) is 16.2. The van der Waals surface area contributed by atoms with Crippen LogP contribution < -0.4 is 9.03 Å². The minimum absolute atomic E-state index is 0.0675. The molecule has 4 aliphatic rings. The van der Waals surface area contributed by atoms with Crippen LogP contribution >= 0.6 is 0 Å². The smallest absolute Gasteiger partial charge is 0.326 e. The Kier molecular flexibility index (Phi) is 4.67. The maximum absolute atomic E-state index is 15.5. The van der Waals surface area contributed by atoms with E-state index in [2.05, 4.69) is 10.00 Å². The van der Waals surface area contributed by atoms with E-state index in [9.17, 15) is 23.1 Å². The Morgan fingerprint density at radius 3 is 2.44 bits per heavy atom. The van der Waals surface area contributed by atoms with Crippen LogP contribution in [0.1, 0.15) is 44.6 Å². The summed E-state index contributed by atoms with van der Waals surface area (Å²) in [5, 5.41) is 14.6. The number of anilines is 1. The monoisotopic (exact) mass is 489 g/mol. The largest absolute Gasteiger partial charge is 0.506 e. The van der Waals surface area contributed by atoms with Crippen LogP contribution in [0.4, 0.5) is 10.1 Å². The highest BCUT2D eigenvalue weighted by Gasteiger charge is 2.47. The normalized spacial score (nSPS) is 27.8. The van der Waals surface area contributed by atoms with Gasteiger partial charge in [0.05, 0.1) is 12.2 Å². The van der Waals surface area contributed by atoms with Gasteiger partial charge in [-0.3, -0.25) is 14.3 Å². The van der Waals surface area contributed by atoms with Crippen LogP contribution in [-0.4, -0.2) is 58.6 Å². The molecule has 4 fully saturated rings. The van der Waals surface area contributed by atoms with Crippen molar-refractivity contribution < 1.29 is 27.5 Å². The summed E-state index contributed by atoms with van der Waals surface area (Å²) in [6.45, 7) is -0.615. The first kappa shape index (κ1) is 21.4. The number of fused-ring (bicyclic) bond motifs is 2. The van der Waals surface area contributed by atoms with E-state index in [1.807, 2.05) is 0 Å². The second-order valence-electron chi connectivity index (χ2n) is 9.57. The molecule has 3 aliphatic heterocycles. The molecule has 1 aromatic heterocycles.